The summed E-state index contributed by atoms with van der Waals surface area (Å²) in [5.41, 5.74) is 3.16. The van der Waals surface area contributed by atoms with Crippen LogP contribution in [-0.4, -0.2) is 30.8 Å². The SMILES string of the molecule is O=S(=O)(CCF)Nc1ccc(-c2ccnc3[nH]ccc23)cc1. The number of hydrogen-bond donors (Lipinski definition) is 2. The molecular weight excluding hydrogens is 305 g/mol. The molecule has 7 heteroatoms. The van der Waals surface area contributed by atoms with Gasteiger partial charge in [0.1, 0.15) is 12.3 Å². The van der Waals surface area contributed by atoms with E-state index in [0.29, 0.717) is 5.69 Å². The number of H-pyrrole nitrogens is 1. The minimum Gasteiger partial charge on any atom is -0.346 e. The molecule has 5 nitrogen and oxygen atoms in total. The van der Waals surface area contributed by atoms with Crippen molar-refractivity contribution in [1.82, 2.24) is 9.97 Å². The highest BCUT2D eigenvalue weighted by atomic mass is 32.2. The van der Waals surface area contributed by atoms with E-state index >= 15 is 0 Å². The van der Waals surface area contributed by atoms with Crippen molar-refractivity contribution in [3.63, 3.8) is 0 Å². The van der Waals surface area contributed by atoms with E-state index in [1.807, 2.05) is 30.5 Å². The molecule has 0 saturated heterocycles. The summed E-state index contributed by atoms with van der Waals surface area (Å²) in [5, 5.41) is 0.994. The molecule has 22 heavy (non-hydrogen) atoms. The molecule has 0 radical (unpaired) electrons. The molecule has 1 aromatic carbocycles. The maximum Gasteiger partial charge on any atom is 0.235 e. The summed E-state index contributed by atoms with van der Waals surface area (Å²) in [6.45, 7) is -0.907. The first-order chi connectivity index (χ1) is 10.6. The average molecular weight is 319 g/mol. The lowest BCUT2D eigenvalue weighted by Gasteiger charge is -2.08. The molecular formula is C15H14FN3O2S. The van der Waals surface area contributed by atoms with Crippen LogP contribution in [-0.2, 0) is 10.0 Å². The molecule has 0 fully saturated rings. The zero-order valence-electron chi connectivity index (χ0n) is 11.6. The minimum atomic E-state index is -3.63. The van der Waals surface area contributed by atoms with Crippen LogP contribution in [0.5, 0.6) is 0 Å². The Bertz CT molecular complexity index is 889. The third-order valence-corrected chi connectivity index (χ3v) is 4.51. The van der Waals surface area contributed by atoms with Gasteiger partial charge in [-0.25, -0.2) is 17.8 Å². The number of pyridine rings is 1. The van der Waals surface area contributed by atoms with Gasteiger partial charge in [0.05, 0.1) is 5.75 Å². The number of halogens is 1. The van der Waals surface area contributed by atoms with Crippen LogP contribution in [0.1, 0.15) is 0 Å². The Hall–Kier alpha value is -2.41. The highest BCUT2D eigenvalue weighted by Crippen LogP contribution is 2.28. The van der Waals surface area contributed by atoms with Crippen molar-refractivity contribution in [2.45, 2.75) is 0 Å². The van der Waals surface area contributed by atoms with Crippen molar-refractivity contribution >= 4 is 26.7 Å². The number of hydrogen-bond acceptors (Lipinski definition) is 3. The Balaban J connectivity index is 1.90. The van der Waals surface area contributed by atoms with Gasteiger partial charge >= 0.3 is 0 Å². The molecule has 0 amide bonds. The first kappa shape index (κ1) is 14.5. The van der Waals surface area contributed by atoms with Gasteiger partial charge in [0.25, 0.3) is 0 Å². The van der Waals surface area contributed by atoms with Gasteiger partial charge < -0.3 is 4.98 Å². The zero-order valence-corrected chi connectivity index (χ0v) is 12.4. The molecule has 0 saturated carbocycles. The number of rotatable bonds is 5. The van der Waals surface area contributed by atoms with Crippen LogP contribution in [0.25, 0.3) is 22.2 Å². The summed E-state index contributed by atoms with van der Waals surface area (Å²) in [4.78, 5) is 7.28. The predicted molar refractivity (Wildman–Crippen MR) is 84.9 cm³/mol. The topological polar surface area (TPSA) is 74.8 Å². The monoisotopic (exact) mass is 319 g/mol. The van der Waals surface area contributed by atoms with Crippen molar-refractivity contribution in [3.05, 3.63) is 48.8 Å². The van der Waals surface area contributed by atoms with Crippen molar-refractivity contribution < 1.29 is 12.8 Å². The number of nitrogens with zero attached hydrogens (tertiary/aromatic N) is 1. The quantitative estimate of drug-likeness (QED) is 0.759. The smallest absolute Gasteiger partial charge is 0.235 e. The Morgan fingerprint density at radius 3 is 2.64 bits per heavy atom. The minimum absolute atomic E-state index is 0.413. The van der Waals surface area contributed by atoms with Gasteiger partial charge in [-0.05, 0) is 35.4 Å². The van der Waals surface area contributed by atoms with Crippen LogP contribution in [0.2, 0.25) is 0 Å². The van der Waals surface area contributed by atoms with Crippen LogP contribution in [0.15, 0.2) is 48.8 Å². The van der Waals surface area contributed by atoms with Crippen LogP contribution < -0.4 is 4.72 Å². The lowest BCUT2D eigenvalue weighted by atomic mass is 10.0. The van der Waals surface area contributed by atoms with Gasteiger partial charge in [0, 0.05) is 23.5 Å². The van der Waals surface area contributed by atoms with Gasteiger partial charge in [-0.3, -0.25) is 4.72 Å². The molecule has 3 aromatic rings. The van der Waals surface area contributed by atoms with Crippen molar-refractivity contribution in [2.75, 3.05) is 17.1 Å². The largest absolute Gasteiger partial charge is 0.346 e. The highest BCUT2D eigenvalue weighted by molar-refractivity contribution is 7.92. The molecule has 0 aliphatic carbocycles. The second-order valence-corrected chi connectivity index (χ2v) is 6.63. The van der Waals surface area contributed by atoms with Crippen LogP contribution in [0.4, 0.5) is 10.1 Å². The third-order valence-electron chi connectivity index (χ3n) is 3.28. The predicted octanol–water partition coefficient (Wildman–Crippen LogP) is 2.94. The van der Waals surface area contributed by atoms with Gasteiger partial charge in [-0.1, -0.05) is 12.1 Å². The number of fused-ring (bicyclic) bond motifs is 1. The summed E-state index contributed by atoms with van der Waals surface area (Å²) < 4.78 is 37.6. The molecule has 0 aliphatic rings. The number of sulfonamides is 1. The lowest BCUT2D eigenvalue weighted by molar-refractivity contribution is 0.518. The van der Waals surface area contributed by atoms with E-state index in [0.717, 1.165) is 22.2 Å². The molecule has 2 heterocycles. The van der Waals surface area contributed by atoms with E-state index in [4.69, 9.17) is 0 Å². The maximum atomic E-state index is 12.2. The maximum absolute atomic E-state index is 12.2. The highest BCUT2D eigenvalue weighted by Gasteiger charge is 2.10. The third kappa shape index (κ3) is 2.94. The molecule has 2 aromatic heterocycles. The van der Waals surface area contributed by atoms with E-state index < -0.39 is 22.5 Å². The van der Waals surface area contributed by atoms with Crippen molar-refractivity contribution in [2.24, 2.45) is 0 Å². The van der Waals surface area contributed by atoms with Crippen LogP contribution in [0.3, 0.4) is 0 Å². The van der Waals surface area contributed by atoms with Gasteiger partial charge in [-0.15, -0.1) is 0 Å². The number of aromatic amines is 1. The molecule has 0 aliphatic heterocycles. The summed E-state index contributed by atoms with van der Waals surface area (Å²) in [7, 11) is -3.63. The normalized spacial score (nSPS) is 11.7. The number of aromatic nitrogens is 2. The first-order valence-electron chi connectivity index (χ1n) is 6.68. The average Bonchev–Trinajstić information content (AvgIpc) is 2.96. The Labute approximate surface area is 127 Å². The summed E-state index contributed by atoms with van der Waals surface area (Å²) >= 11 is 0. The molecule has 3 rings (SSSR count). The molecule has 0 bridgehead atoms. The van der Waals surface area contributed by atoms with E-state index in [2.05, 4.69) is 14.7 Å². The van der Waals surface area contributed by atoms with Crippen LogP contribution in [0, 0.1) is 0 Å². The fourth-order valence-corrected chi connectivity index (χ4v) is 3.06. The van der Waals surface area contributed by atoms with Crippen molar-refractivity contribution in [1.29, 1.82) is 0 Å². The number of benzene rings is 1. The van der Waals surface area contributed by atoms with E-state index in [-0.39, 0.29) is 0 Å². The lowest BCUT2D eigenvalue weighted by Crippen LogP contribution is -2.17. The molecule has 0 spiro atoms. The summed E-state index contributed by atoms with van der Waals surface area (Å²) in [5.74, 6) is -0.539. The Kier molecular flexibility index (Phi) is 3.81. The summed E-state index contributed by atoms with van der Waals surface area (Å²) in [6, 6.07) is 10.8. The van der Waals surface area contributed by atoms with E-state index in [9.17, 15) is 12.8 Å². The van der Waals surface area contributed by atoms with Gasteiger partial charge in [0.2, 0.25) is 10.0 Å². The summed E-state index contributed by atoms with van der Waals surface area (Å²) in [6.07, 6.45) is 3.53. The molecule has 2 N–H and O–H groups in total. The Morgan fingerprint density at radius 1 is 1.14 bits per heavy atom. The van der Waals surface area contributed by atoms with E-state index in [1.54, 1.807) is 18.3 Å². The van der Waals surface area contributed by atoms with Gasteiger partial charge in [-0.2, -0.15) is 0 Å². The Morgan fingerprint density at radius 2 is 1.91 bits per heavy atom. The zero-order chi connectivity index (χ0) is 15.6. The van der Waals surface area contributed by atoms with E-state index in [1.165, 1.54) is 0 Å². The van der Waals surface area contributed by atoms with Crippen molar-refractivity contribution in [3.8, 4) is 11.1 Å². The molecule has 114 valence electrons. The standard InChI is InChI=1S/C15H14FN3O2S/c16-7-10-22(20,21)19-12-3-1-11(2-4-12)13-5-8-17-15-14(13)6-9-18-15/h1-6,8-9,19H,7,10H2,(H,17,18). The number of nitrogens with one attached hydrogen (secondary N) is 2. The molecule has 0 unspecified atom stereocenters. The fourth-order valence-electron chi connectivity index (χ4n) is 2.26. The fraction of sp³-hybridized carbons (Fsp3) is 0.133. The first-order valence-corrected chi connectivity index (χ1v) is 8.33. The second kappa shape index (κ2) is 5.76. The second-order valence-electron chi connectivity index (χ2n) is 4.79. The number of anilines is 1. The molecule has 0 atom stereocenters. The number of alkyl halides is 1. The van der Waals surface area contributed by atoms with Gasteiger partial charge in [0.15, 0.2) is 0 Å². The van der Waals surface area contributed by atoms with Crippen LogP contribution >= 0.6 is 0 Å².